The summed E-state index contributed by atoms with van der Waals surface area (Å²) in [6, 6.07) is 8.77. The maximum atomic E-state index is 12.0. The topological polar surface area (TPSA) is 61.4 Å². The van der Waals surface area contributed by atoms with Crippen molar-refractivity contribution in [3.8, 4) is 0 Å². The normalized spacial score (nSPS) is 15.2. The van der Waals surface area contributed by atoms with E-state index < -0.39 is 0 Å². The van der Waals surface area contributed by atoms with Crippen LogP contribution in [0.1, 0.15) is 16.8 Å². The molecule has 0 unspecified atom stereocenters. The lowest BCUT2D eigenvalue weighted by Gasteiger charge is -2.34. The van der Waals surface area contributed by atoms with Gasteiger partial charge in [0.25, 0.3) is 5.91 Å². The number of anilines is 1. The first-order chi connectivity index (χ1) is 12.2. The van der Waals surface area contributed by atoms with E-state index in [-0.39, 0.29) is 5.91 Å². The van der Waals surface area contributed by atoms with Crippen LogP contribution in [0, 0.1) is 0 Å². The van der Waals surface area contributed by atoms with Gasteiger partial charge in [0.2, 0.25) is 5.95 Å². The number of halogens is 1. The Morgan fingerprint density at radius 1 is 1.08 bits per heavy atom. The molecule has 7 heteroatoms. The zero-order valence-corrected chi connectivity index (χ0v) is 14.8. The van der Waals surface area contributed by atoms with Gasteiger partial charge in [-0.15, -0.1) is 0 Å². The number of piperazine rings is 1. The van der Waals surface area contributed by atoms with Crippen LogP contribution in [0.25, 0.3) is 0 Å². The third-order valence-electron chi connectivity index (χ3n) is 4.25. The summed E-state index contributed by atoms with van der Waals surface area (Å²) in [7, 11) is 0. The Hall–Kier alpha value is -2.18. The largest absolute Gasteiger partial charge is 0.352 e. The van der Waals surface area contributed by atoms with Crippen LogP contribution < -0.4 is 10.2 Å². The van der Waals surface area contributed by atoms with Crippen LogP contribution in [0.15, 0.2) is 42.7 Å². The van der Waals surface area contributed by atoms with Gasteiger partial charge in [0.05, 0.1) is 0 Å². The zero-order chi connectivity index (χ0) is 17.5. The van der Waals surface area contributed by atoms with E-state index in [0.29, 0.717) is 17.1 Å². The molecule has 0 atom stereocenters. The molecular weight excluding hydrogens is 338 g/mol. The summed E-state index contributed by atoms with van der Waals surface area (Å²) < 4.78 is 0. The second kappa shape index (κ2) is 8.78. The second-order valence-corrected chi connectivity index (χ2v) is 6.43. The van der Waals surface area contributed by atoms with Gasteiger partial charge in [-0.25, -0.2) is 9.97 Å². The standard InChI is InChI=1S/C18H22ClN5O/c19-16-5-3-15(4-6-16)17(25)20-9-2-10-23-11-13-24(14-12-23)18-21-7-1-8-22-18/h1,3-8H,2,9-14H2,(H,20,25). The molecule has 1 amide bonds. The predicted molar refractivity (Wildman–Crippen MR) is 99.1 cm³/mol. The average molecular weight is 360 g/mol. The molecule has 2 aromatic rings. The molecule has 25 heavy (non-hydrogen) atoms. The monoisotopic (exact) mass is 359 g/mol. The van der Waals surface area contributed by atoms with Crippen molar-refractivity contribution in [2.24, 2.45) is 0 Å². The Morgan fingerprint density at radius 3 is 2.44 bits per heavy atom. The number of carbonyl (C=O) groups excluding carboxylic acids is 1. The highest BCUT2D eigenvalue weighted by atomic mass is 35.5. The van der Waals surface area contributed by atoms with E-state index in [2.05, 4.69) is 25.1 Å². The molecule has 0 spiro atoms. The van der Waals surface area contributed by atoms with Gasteiger partial charge >= 0.3 is 0 Å². The summed E-state index contributed by atoms with van der Waals surface area (Å²) in [6.07, 6.45) is 4.48. The molecule has 1 aromatic carbocycles. The fraction of sp³-hybridized carbons (Fsp3) is 0.389. The molecule has 0 radical (unpaired) electrons. The molecule has 1 N–H and O–H groups in total. The van der Waals surface area contributed by atoms with Gasteiger partial charge in [0.15, 0.2) is 0 Å². The zero-order valence-electron chi connectivity index (χ0n) is 14.1. The third-order valence-corrected chi connectivity index (χ3v) is 4.50. The van der Waals surface area contributed by atoms with Crippen molar-refractivity contribution in [2.75, 3.05) is 44.2 Å². The first-order valence-electron chi connectivity index (χ1n) is 8.50. The molecule has 0 aliphatic carbocycles. The van der Waals surface area contributed by atoms with Crippen LogP contribution in [0.3, 0.4) is 0 Å². The molecule has 0 bridgehead atoms. The van der Waals surface area contributed by atoms with E-state index in [1.807, 2.05) is 6.07 Å². The Balaban J connectivity index is 1.34. The number of nitrogens with one attached hydrogen (secondary N) is 1. The summed E-state index contributed by atoms with van der Waals surface area (Å²) in [4.78, 5) is 25.2. The fourth-order valence-electron chi connectivity index (χ4n) is 2.83. The van der Waals surface area contributed by atoms with Crippen LogP contribution in [-0.4, -0.2) is 60.0 Å². The number of benzene rings is 1. The first-order valence-corrected chi connectivity index (χ1v) is 8.88. The van der Waals surface area contributed by atoms with Crippen LogP contribution in [0.5, 0.6) is 0 Å². The second-order valence-electron chi connectivity index (χ2n) is 5.99. The van der Waals surface area contributed by atoms with Crippen LogP contribution in [0.2, 0.25) is 5.02 Å². The summed E-state index contributed by atoms with van der Waals surface area (Å²) in [5.41, 5.74) is 0.640. The molecule has 1 aromatic heterocycles. The lowest BCUT2D eigenvalue weighted by atomic mass is 10.2. The molecule has 3 rings (SSSR count). The minimum absolute atomic E-state index is 0.0530. The van der Waals surface area contributed by atoms with E-state index in [9.17, 15) is 4.79 Å². The fourth-order valence-corrected chi connectivity index (χ4v) is 2.96. The highest BCUT2D eigenvalue weighted by molar-refractivity contribution is 6.30. The number of nitrogens with zero attached hydrogens (tertiary/aromatic N) is 4. The van der Waals surface area contributed by atoms with Gasteiger partial charge in [-0.2, -0.15) is 0 Å². The quantitative estimate of drug-likeness (QED) is 0.800. The van der Waals surface area contributed by atoms with E-state index >= 15 is 0 Å². The maximum absolute atomic E-state index is 12.0. The van der Waals surface area contributed by atoms with Crippen molar-refractivity contribution in [3.63, 3.8) is 0 Å². The molecule has 1 fully saturated rings. The molecule has 1 aliphatic heterocycles. The minimum Gasteiger partial charge on any atom is -0.352 e. The van der Waals surface area contributed by atoms with Gasteiger partial charge in [0.1, 0.15) is 0 Å². The van der Waals surface area contributed by atoms with Crippen molar-refractivity contribution in [2.45, 2.75) is 6.42 Å². The molecule has 2 heterocycles. The summed E-state index contributed by atoms with van der Waals surface area (Å²) in [6.45, 7) is 5.49. The van der Waals surface area contributed by atoms with Gasteiger partial charge in [-0.05, 0) is 43.3 Å². The van der Waals surface area contributed by atoms with Gasteiger partial charge < -0.3 is 10.2 Å². The molecule has 1 aliphatic rings. The number of carbonyl (C=O) groups is 1. The predicted octanol–water partition coefficient (Wildman–Crippen LogP) is 2.07. The van der Waals surface area contributed by atoms with Crippen molar-refractivity contribution in [1.29, 1.82) is 0 Å². The lowest BCUT2D eigenvalue weighted by Crippen LogP contribution is -2.47. The van der Waals surface area contributed by atoms with Crippen LogP contribution >= 0.6 is 11.6 Å². The van der Waals surface area contributed by atoms with Gasteiger partial charge in [-0.3, -0.25) is 9.69 Å². The molecular formula is C18H22ClN5O. The van der Waals surface area contributed by atoms with Crippen molar-refractivity contribution >= 4 is 23.5 Å². The van der Waals surface area contributed by atoms with E-state index in [4.69, 9.17) is 11.6 Å². The molecule has 0 saturated carbocycles. The van der Waals surface area contributed by atoms with Gasteiger partial charge in [0, 0.05) is 55.7 Å². The molecule has 132 valence electrons. The lowest BCUT2D eigenvalue weighted by molar-refractivity contribution is 0.0951. The minimum atomic E-state index is -0.0530. The number of hydrogen-bond donors (Lipinski definition) is 1. The smallest absolute Gasteiger partial charge is 0.251 e. The van der Waals surface area contributed by atoms with E-state index in [0.717, 1.165) is 45.1 Å². The first kappa shape index (κ1) is 17.6. The van der Waals surface area contributed by atoms with Gasteiger partial charge in [-0.1, -0.05) is 11.6 Å². The number of aromatic nitrogens is 2. The highest BCUT2D eigenvalue weighted by Crippen LogP contribution is 2.10. The summed E-state index contributed by atoms with van der Waals surface area (Å²) in [5, 5.41) is 3.59. The Bertz CT molecular complexity index is 672. The Morgan fingerprint density at radius 2 is 1.76 bits per heavy atom. The SMILES string of the molecule is O=C(NCCCN1CCN(c2ncccn2)CC1)c1ccc(Cl)cc1. The maximum Gasteiger partial charge on any atom is 0.251 e. The van der Waals surface area contributed by atoms with Crippen LogP contribution in [0.4, 0.5) is 5.95 Å². The van der Waals surface area contributed by atoms with Crippen molar-refractivity contribution in [3.05, 3.63) is 53.3 Å². The van der Waals surface area contributed by atoms with Crippen molar-refractivity contribution in [1.82, 2.24) is 20.2 Å². The molecule has 6 nitrogen and oxygen atoms in total. The Kier molecular flexibility index (Phi) is 6.19. The Labute approximate surface area is 152 Å². The van der Waals surface area contributed by atoms with Crippen LogP contribution in [-0.2, 0) is 0 Å². The number of amides is 1. The molecule has 1 saturated heterocycles. The summed E-state index contributed by atoms with van der Waals surface area (Å²) in [5.74, 6) is 0.750. The summed E-state index contributed by atoms with van der Waals surface area (Å²) >= 11 is 5.83. The highest BCUT2D eigenvalue weighted by Gasteiger charge is 2.18. The van der Waals surface area contributed by atoms with Crippen molar-refractivity contribution < 1.29 is 4.79 Å². The number of rotatable bonds is 6. The van der Waals surface area contributed by atoms with E-state index in [1.54, 1.807) is 36.7 Å². The van der Waals surface area contributed by atoms with E-state index in [1.165, 1.54) is 0 Å². The third kappa shape index (κ3) is 5.14. The average Bonchev–Trinajstić information content (AvgIpc) is 2.67. The number of hydrogen-bond acceptors (Lipinski definition) is 5.